The highest BCUT2D eigenvalue weighted by molar-refractivity contribution is 5.91. The van der Waals surface area contributed by atoms with E-state index < -0.39 is 0 Å². The van der Waals surface area contributed by atoms with E-state index in [1.165, 1.54) is 19.1 Å². The van der Waals surface area contributed by atoms with E-state index in [2.05, 4.69) is 0 Å². The zero-order chi connectivity index (χ0) is 9.84. The molecule has 0 aliphatic heterocycles. The van der Waals surface area contributed by atoms with Crippen LogP contribution in [0.4, 0.5) is 0 Å². The Kier molecular flexibility index (Phi) is 2.84. The van der Waals surface area contributed by atoms with Crippen LogP contribution in [0.15, 0.2) is 16.5 Å². The van der Waals surface area contributed by atoms with Crippen LogP contribution in [-0.2, 0) is 4.79 Å². The first kappa shape index (κ1) is 9.51. The summed E-state index contributed by atoms with van der Waals surface area (Å²) in [6, 6.07) is 2.92. The molecular weight excluding hydrogens is 172 g/mol. The Labute approximate surface area is 75.5 Å². The standard InChI is InChI=1S/C9H10O4/c1-3-8(11)13-9-5-4-7(12-9)6(2)10/h4-5H,3H2,1-2H3. The lowest BCUT2D eigenvalue weighted by Crippen LogP contribution is -2.04. The number of rotatable bonds is 3. The van der Waals surface area contributed by atoms with Crippen molar-refractivity contribution in [3.05, 3.63) is 17.9 Å². The molecule has 1 heterocycles. The molecular formula is C9H10O4. The molecule has 0 saturated carbocycles. The Hall–Kier alpha value is -1.58. The van der Waals surface area contributed by atoms with E-state index in [1.54, 1.807) is 6.92 Å². The molecule has 0 fully saturated rings. The van der Waals surface area contributed by atoms with Gasteiger partial charge < -0.3 is 9.15 Å². The Morgan fingerprint density at radius 1 is 1.46 bits per heavy atom. The number of hydrogen-bond acceptors (Lipinski definition) is 4. The van der Waals surface area contributed by atoms with Gasteiger partial charge in [0.1, 0.15) is 0 Å². The first-order valence-electron chi connectivity index (χ1n) is 3.95. The second kappa shape index (κ2) is 3.89. The molecule has 0 radical (unpaired) electrons. The molecule has 0 amide bonds. The lowest BCUT2D eigenvalue weighted by molar-refractivity contribution is -0.135. The Balaban J connectivity index is 2.69. The molecule has 0 aromatic carbocycles. The van der Waals surface area contributed by atoms with Crippen LogP contribution in [0.5, 0.6) is 5.95 Å². The van der Waals surface area contributed by atoms with Crippen molar-refractivity contribution in [3.63, 3.8) is 0 Å². The van der Waals surface area contributed by atoms with Gasteiger partial charge in [0.05, 0.1) is 0 Å². The van der Waals surface area contributed by atoms with E-state index in [9.17, 15) is 9.59 Å². The Bertz CT molecular complexity index is 324. The maximum Gasteiger partial charge on any atom is 0.313 e. The van der Waals surface area contributed by atoms with Crippen LogP contribution in [0.25, 0.3) is 0 Å². The molecule has 4 nitrogen and oxygen atoms in total. The summed E-state index contributed by atoms with van der Waals surface area (Å²) in [4.78, 5) is 21.6. The number of furan rings is 1. The summed E-state index contributed by atoms with van der Waals surface area (Å²) in [5, 5.41) is 0. The molecule has 1 aromatic rings. The summed E-state index contributed by atoms with van der Waals surface area (Å²) in [6.45, 7) is 3.06. The largest absolute Gasteiger partial charge is 0.422 e. The van der Waals surface area contributed by atoms with Gasteiger partial charge in [-0.25, -0.2) is 0 Å². The van der Waals surface area contributed by atoms with Gasteiger partial charge in [0, 0.05) is 19.4 Å². The van der Waals surface area contributed by atoms with Crippen LogP contribution >= 0.6 is 0 Å². The number of carbonyl (C=O) groups excluding carboxylic acids is 2. The van der Waals surface area contributed by atoms with Crippen molar-refractivity contribution >= 4 is 11.8 Å². The zero-order valence-electron chi connectivity index (χ0n) is 7.49. The van der Waals surface area contributed by atoms with E-state index >= 15 is 0 Å². The zero-order valence-corrected chi connectivity index (χ0v) is 7.49. The first-order valence-corrected chi connectivity index (χ1v) is 3.95. The van der Waals surface area contributed by atoms with Gasteiger partial charge >= 0.3 is 5.97 Å². The van der Waals surface area contributed by atoms with Gasteiger partial charge in [-0.05, 0) is 6.07 Å². The van der Waals surface area contributed by atoms with Gasteiger partial charge in [-0.3, -0.25) is 9.59 Å². The molecule has 0 N–H and O–H groups in total. The third-order valence-corrected chi connectivity index (χ3v) is 1.43. The van der Waals surface area contributed by atoms with Crippen LogP contribution in [-0.4, -0.2) is 11.8 Å². The fourth-order valence-electron chi connectivity index (χ4n) is 0.749. The van der Waals surface area contributed by atoms with Crippen molar-refractivity contribution in [1.29, 1.82) is 0 Å². The summed E-state index contributed by atoms with van der Waals surface area (Å²) >= 11 is 0. The van der Waals surface area contributed by atoms with Gasteiger partial charge in [0.25, 0.3) is 5.95 Å². The Morgan fingerprint density at radius 3 is 2.62 bits per heavy atom. The number of ketones is 1. The molecule has 1 aromatic heterocycles. The summed E-state index contributed by atoms with van der Waals surface area (Å²) in [5.74, 6) is -0.320. The van der Waals surface area contributed by atoms with Gasteiger partial charge in [0.2, 0.25) is 0 Å². The van der Waals surface area contributed by atoms with Gasteiger partial charge in [-0.2, -0.15) is 0 Å². The number of esters is 1. The number of hydrogen-bond donors (Lipinski definition) is 0. The van der Waals surface area contributed by atoms with Gasteiger partial charge in [-0.15, -0.1) is 0 Å². The van der Waals surface area contributed by atoms with Crippen LogP contribution in [0, 0.1) is 0 Å². The number of Topliss-reactive ketones (excluding diaryl/α,β-unsaturated/α-hetero) is 1. The predicted octanol–water partition coefficient (Wildman–Crippen LogP) is 1.80. The molecule has 0 unspecified atom stereocenters. The van der Waals surface area contributed by atoms with Crippen LogP contribution in [0.2, 0.25) is 0 Å². The van der Waals surface area contributed by atoms with Crippen molar-refractivity contribution in [2.24, 2.45) is 0 Å². The molecule has 0 aliphatic rings. The highest BCUT2D eigenvalue weighted by atomic mass is 16.6. The SMILES string of the molecule is CCC(=O)Oc1ccc(C(C)=O)o1. The first-order chi connectivity index (χ1) is 6.13. The normalized spacial score (nSPS) is 9.69. The molecule has 1 rings (SSSR count). The summed E-state index contributed by atoms with van der Waals surface area (Å²) in [7, 11) is 0. The average Bonchev–Trinajstić information content (AvgIpc) is 2.52. The van der Waals surface area contributed by atoms with E-state index in [4.69, 9.17) is 9.15 Å². The predicted molar refractivity (Wildman–Crippen MR) is 44.6 cm³/mol. The second-order valence-corrected chi connectivity index (χ2v) is 2.50. The van der Waals surface area contributed by atoms with Crippen molar-refractivity contribution < 1.29 is 18.7 Å². The van der Waals surface area contributed by atoms with E-state index in [-0.39, 0.29) is 29.9 Å². The highest BCUT2D eigenvalue weighted by Gasteiger charge is 2.09. The molecule has 0 aliphatic carbocycles. The summed E-state index contributed by atoms with van der Waals surface area (Å²) < 4.78 is 9.66. The summed E-state index contributed by atoms with van der Waals surface area (Å²) in [6.07, 6.45) is 0.274. The smallest absolute Gasteiger partial charge is 0.313 e. The molecule has 0 bridgehead atoms. The minimum Gasteiger partial charge on any atom is -0.422 e. The van der Waals surface area contributed by atoms with Gasteiger partial charge in [-0.1, -0.05) is 6.92 Å². The lowest BCUT2D eigenvalue weighted by atomic mass is 10.3. The molecule has 0 spiro atoms. The van der Waals surface area contributed by atoms with Crippen molar-refractivity contribution in [2.45, 2.75) is 20.3 Å². The molecule has 4 heteroatoms. The quantitative estimate of drug-likeness (QED) is 0.528. The van der Waals surface area contributed by atoms with Crippen LogP contribution < -0.4 is 4.74 Å². The molecule has 70 valence electrons. The molecule has 13 heavy (non-hydrogen) atoms. The fraction of sp³-hybridized carbons (Fsp3) is 0.333. The number of ether oxygens (including phenoxy) is 1. The monoisotopic (exact) mass is 182 g/mol. The maximum absolute atomic E-state index is 10.8. The van der Waals surface area contributed by atoms with Crippen LogP contribution in [0.3, 0.4) is 0 Å². The minimum absolute atomic E-state index is 0.0667. The average molecular weight is 182 g/mol. The van der Waals surface area contributed by atoms with Crippen molar-refractivity contribution in [2.75, 3.05) is 0 Å². The Morgan fingerprint density at radius 2 is 2.15 bits per heavy atom. The van der Waals surface area contributed by atoms with Crippen LogP contribution in [0.1, 0.15) is 30.8 Å². The van der Waals surface area contributed by atoms with E-state index in [0.717, 1.165) is 0 Å². The van der Waals surface area contributed by atoms with E-state index in [1.807, 2.05) is 0 Å². The third kappa shape index (κ3) is 2.43. The molecule has 0 saturated heterocycles. The molecule has 0 atom stereocenters. The maximum atomic E-state index is 10.8. The second-order valence-electron chi connectivity index (χ2n) is 2.50. The lowest BCUT2D eigenvalue weighted by Gasteiger charge is -1.95. The van der Waals surface area contributed by atoms with Gasteiger partial charge in [0.15, 0.2) is 11.5 Å². The highest BCUT2D eigenvalue weighted by Crippen LogP contribution is 2.16. The fourth-order valence-corrected chi connectivity index (χ4v) is 0.749. The number of carbonyl (C=O) groups is 2. The summed E-state index contributed by atoms with van der Waals surface area (Å²) in [5.41, 5.74) is 0. The van der Waals surface area contributed by atoms with E-state index in [0.29, 0.717) is 0 Å². The third-order valence-electron chi connectivity index (χ3n) is 1.43. The van der Waals surface area contributed by atoms with Crippen molar-refractivity contribution in [3.8, 4) is 5.95 Å². The minimum atomic E-state index is -0.385. The topological polar surface area (TPSA) is 56.5 Å². The van der Waals surface area contributed by atoms with Crippen molar-refractivity contribution in [1.82, 2.24) is 0 Å².